The van der Waals surface area contributed by atoms with Crippen molar-refractivity contribution in [1.29, 1.82) is 0 Å². The molecule has 0 spiro atoms. The van der Waals surface area contributed by atoms with Crippen LogP contribution in [0.3, 0.4) is 0 Å². The third kappa shape index (κ3) is 4.73. The first-order chi connectivity index (χ1) is 8.15. The van der Waals surface area contributed by atoms with Crippen molar-refractivity contribution in [3.05, 3.63) is 0 Å². The molecule has 1 atom stereocenters. The fourth-order valence-electron chi connectivity index (χ4n) is 2.26. The molecule has 5 heteroatoms. The molecule has 1 aliphatic rings. The lowest BCUT2D eigenvalue weighted by molar-refractivity contribution is -0.144. The lowest BCUT2D eigenvalue weighted by atomic mass is 9.84. The SMILES string of the molecule is CCOCC(=O)N[C@H](C(=O)O)C1CCCCC1. The average molecular weight is 243 g/mol. The lowest BCUT2D eigenvalue weighted by Gasteiger charge is -2.27. The van der Waals surface area contributed by atoms with E-state index in [-0.39, 0.29) is 18.4 Å². The Morgan fingerprint density at radius 1 is 1.35 bits per heavy atom. The summed E-state index contributed by atoms with van der Waals surface area (Å²) in [4.78, 5) is 22.6. The number of carbonyl (C=O) groups is 2. The van der Waals surface area contributed by atoms with Crippen LogP contribution in [0.25, 0.3) is 0 Å². The summed E-state index contributed by atoms with van der Waals surface area (Å²) in [5.74, 6) is -1.22. The van der Waals surface area contributed by atoms with E-state index in [1.54, 1.807) is 6.92 Å². The van der Waals surface area contributed by atoms with Crippen LogP contribution in [0.1, 0.15) is 39.0 Å². The highest BCUT2D eigenvalue weighted by Gasteiger charge is 2.30. The van der Waals surface area contributed by atoms with Gasteiger partial charge in [0.05, 0.1) is 0 Å². The maximum absolute atomic E-state index is 11.5. The summed E-state index contributed by atoms with van der Waals surface area (Å²) in [5, 5.41) is 11.7. The largest absolute Gasteiger partial charge is 0.480 e. The van der Waals surface area contributed by atoms with Crippen molar-refractivity contribution in [2.24, 2.45) is 5.92 Å². The van der Waals surface area contributed by atoms with Gasteiger partial charge in [0, 0.05) is 6.61 Å². The maximum atomic E-state index is 11.5. The van der Waals surface area contributed by atoms with Gasteiger partial charge in [-0.3, -0.25) is 4.79 Å². The fourth-order valence-corrected chi connectivity index (χ4v) is 2.26. The van der Waals surface area contributed by atoms with Gasteiger partial charge in [0.15, 0.2) is 0 Å². The molecular weight excluding hydrogens is 222 g/mol. The Kier molecular flexibility index (Phi) is 5.97. The number of rotatable bonds is 6. The smallest absolute Gasteiger partial charge is 0.326 e. The maximum Gasteiger partial charge on any atom is 0.326 e. The van der Waals surface area contributed by atoms with E-state index in [1.165, 1.54) is 0 Å². The highest BCUT2D eigenvalue weighted by atomic mass is 16.5. The quantitative estimate of drug-likeness (QED) is 0.734. The molecule has 17 heavy (non-hydrogen) atoms. The fraction of sp³-hybridized carbons (Fsp3) is 0.833. The molecule has 2 N–H and O–H groups in total. The Balaban J connectivity index is 2.47. The van der Waals surface area contributed by atoms with Crippen molar-refractivity contribution in [1.82, 2.24) is 5.32 Å². The standard InChI is InChI=1S/C12H21NO4/c1-2-17-8-10(14)13-11(12(15)16)9-6-4-3-5-7-9/h9,11H,2-8H2,1H3,(H,13,14)(H,15,16)/t11-/m0/s1. The number of nitrogens with one attached hydrogen (secondary N) is 1. The Hall–Kier alpha value is -1.10. The van der Waals surface area contributed by atoms with Gasteiger partial charge in [-0.2, -0.15) is 0 Å². The Morgan fingerprint density at radius 2 is 2.00 bits per heavy atom. The second kappa shape index (κ2) is 7.27. The summed E-state index contributed by atoms with van der Waals surface area (Å²) < 4.78 is 4.96. The molecule has 0 bridgehead atoms. The van der Waals surface area contributed by atoms with Crippen molar-refractivity contribution in [2.45, 2.75) is 45.1 Å². The molecule has 0 radical (unpaired) electrons. The molecule has 0 aromatic rings. The van der Waals surface area contributed by atoms with E-state index in [4.69, 9.17) is 9.84 Å². The van der Waals surface area contributed by atoms with Crippen molar-refractivity contribution < 1.29 is 19.4 Å². The van der Waals surface area contributed by atoms with Crippen molar-refractivity contribution in [3.63, 3.8) is 0 Å². The van der Waals surface area contributed by atoms with Gasteiger partial charge in [-0.1, -0.05) is 19.3 Å². The van der Waals surface area contributed by atoms with E-state index in [0.29, 0.717) is 6.61 Å². The summed E-state index contributed by atoms with van der Waals surface area (Å²) in [5.41, 5.74) is 0. The second-order valence-electron chi connectivity index (χ2n) is 4.42. The molecule has 0 aliphatic heterocycles. The van der Waals surface area contributed by atoms with Crippen molar-refractivity contribution in [2.75, 3.05) is 13.2 Å². The highest BCUT2D eigenvalue weighted by molar-refractivity contribution is 5.84. The number of carbonyl (C=O) groups excluding carboxylic acids is 1. The minimum atomic E-state index is -0.943. The minimum absolute atomic E-state index is 0.0619. The first kappa shape index (κ1) is 14.0. The molecule has 0 saturated heterocycles. The normalized spacial score (nSPS) is 18.6. The third-order valence-corrected chi connectivity index (χ3v) is 3.14. The number of hydrogen-bond donors (Lipinski definition) is 2. The predicted octanol–water partition coefficient (Wildman–Crippen LogP) is 1.17. The van der Waals surface area contributed by atoms with Crippen LogP contribution >= 0.6 is 0 Å². The molecule has 5 nitrogen and oxygen atoms in total. The third-order valence-electron chi connectivity index (χ3n) is 3.14. The van der Waals surface area contributed by atoms with Crippen LogP contribution in [0.15, 0.2) is 0 Å². The highest BCUT2D eigenvalue weighted by Crippen LogP contribution is 2.26. The Bertz CT molecular complexity index is 261. The minimum Gasteiger partial charge on any atom is -0.480 e. The zero-order valence-corrected chi connectivity index (χ0v) is 10.3. The topological polar surface area (TPSA) is 75.6 Å². The zero-order valence-electron chi connectivity index (χ0n) is 10.3. The van der Waals surface area contributed by atoms with Gasteiger partial charge in [0.2, 0.25) is 5.91 Å². The molecule has 0 aromatic carbocycles. The molecule has 0 heterocycles. The average Bonchev–Trinajstić information content (AvgIpc) is 2.34. The summed E-state index contributed by atoms with van der Waals surface area (Å²) in [6, 6.07) is -0.761. The van der Waals surface area contributed by atoms with Gasteiger partial charge in [-0.15, -0.1) is 0 Å². The van der Waals surface area contributed by atoms with Gasteiger partial charge in [-0.05, 0) is 25.7 Å². The summed E-state index contributed by atoms with van der Waals surface area (Å²) in [6.07, 6.45) is 5.03. The number of hydrogen-bond acceptors (Lipinski definition) is 3. The van der Waals surface area contributed by atoms with Crippen LogP contribution in [-0.2, 0) is 14.3 Å². The van der Waals surface area contributed by atoms with E-state index >= 15 is 0 Å². The molecule has 1 rings (SSSR count). The van der Waals surface area contributed by atoms with Gasteiger partial charge in [0.1, 0.15) is 12.6 Å². The molecule has 98 valence electrons. The molecule has 0 unspecified atom stereocenters. The van der Waals surface area contributed by atoms with Crippen LogP contribution in [0.4, 0.5) is 0 Å². The number of carboxylic acids is 1. The van der Waals surface area contributed by atoms with Crippen LogP contribution in [0, 0.1) is 5.92 Å². The predicted molar refractivity (Wildman–Crippen MR) is 62.6 cm³/mol. The molecule has 1 fully saturated rings. The van der Waals surface area contributed by atoms with Gasteiger partial charge < -0.3 is 15.2 Å². The van der Waals surface area contributed by atoms with E-state index < -0.39 is 12.0 Å². The number of ether oxygens (including phenoxy) is 1. The number of amides is 1. The summed E-state index contributed by atoms with van der Waals surface area (Å²) in [7, 11) is 0. The van der Waals surface area contributed by atoms with Crippen LogP contribution in [-0.4, -0.2) is 36.2 Å². The molecular formula is C12H21NO4. The molecule has 0 aromatic heterocycles. The molecule has 1 amide bonds. The van der Waals surface area contributed by atoms with E-state index in [1.807, 2.05) is 0 Å². The van der Waals surface area contributed by atoms with Gasteiger partial charge in [0.25, 0.3) is 0 Å². The summed E-state index contributed by atoms with van der Waals surface area (Å²) >= 11 is 0. The van der Waals surface area contributed by atoms with Crippen molar-refractivity contribution in [3.8, 4) is 0 Å². The lowest BCUT2D eigenvalue weighted by Crippen LogP contribution is -2.47. The van der Waals surface area contributed by atoms with Crippen LogP contribution in [0.2, 0.25) is 0 Å². The molecule has 1 saturated carbocycles. The number of carboxylic acid groups (broad SMARTS) is 1. The molecule has 1 aliphatic carbocycles. The second-order valence-corrected chi connectivity index (χ2v) is 4.42. The van der Waals surface area contributed by atoms with E-state index in [9.17, 15) is 9.59 Å². The van der Waals surface area contributed by atoms with E-state index in [2.05, 4.69) is 5.32 Å². The number of aliphatic carboxylic acids is 1. The Morgan fingerprint density at radius 3 is 2.53 bits per heavy atom. The van der Waals surface area contributed by atoms with Gasteiger partial charge >= 0.3 is 5.97 Å². The zero-order chi connectivity index (χ0) is 12.7. The van der Waals surface area contributed by atoms with Crippen LogP contribution in [0.5, 0.6) is 0 Å². The van der Waals surface area contributed by atoms with Crippen LogP contribution < -0.4 is 5.32 Å². The Labute approximate surface area is 102 Å². The van der Waals surface area contributed by atoms with Gasteiger partial charge in [-0.25, -0.2) is 4.79 Å². The monoisotopic (exact) mass is 243 g/mol. The first-order valence-corrected chi connectivity index (χ1v) is 6.25. The van der Waals surface area contributed by atoms with E-state index in [0.717, 1.165) is 32.1 Å². The summed E-state index contributed by atoms with van der Waals surface area (Å²) in [6.45, 7) is 2.19. The van der Waals surface area contributed by atoms with Crippen molar-refractivity contribution >= 4 is 11.9 Å². The first-order valence-electron chi connectivity index (χ1n) is 6.25.